The molecule has 1 N–H and O–H groups in total. The molecular weight excluding hydrogens is 259 g/mol. The number of fused-ring (bicyclic) bond motifs is 1. The molecule has 1 aromatic carbocycles. The van der Waals surface area contributed by atoms with Crippen LogP contribution >= 0.6 is 11.6 Å². The Morgan fingerprint density at radius 1 is 1.50 bits per heavy atom. The van der Waals surface area contributed by atoms with E-state index in [1.54, 1.807) is 6.07 Å². The smallest absolute Gasteiger partial charge is 0.372 e. The number of carbonyl (C=O) groups is 1. The van der Waals surface area contributed by atoms with Crippen molar-refractivity contribution in [3.63, 3.8) is 0 Å². The van der Waals surface area contributed by atoms with Crippen LogP contribution in [0.15, 0.2) is 16.5 Å². The topological polar surface area (TPSA) is 50.4 Å². The van der Waals surface area contributed by atoms with Crippen LogP contribution in [-0.2, 0) is 6.42 Å². The molecule has 0 amide bonds. The van der Waals surface area contributed by atoms with Gasteiger partial charge in [0.15, 0.2) is 11.4 Å². The highest BCUT2D eigenvalue weighted by atomic mass is 35.5. The van der Waals surface area contributed by atoms with E-state index >= 15 is 0 Å². The van der Waals surface area contributed by atoms with E-state index in [2.05, 4.69) is 0 Å². The van der Waals surface area contributed by atoms with Crippen LogP contribution in [-0.4, -0.2) is 11.1 Å². The van der Waals surface area contributed by atoms with Crippen LogP contribution in [0.25, 0.3) is 11.0 Å². The molecule has 2 rings (SSSR count). The second kappa shape index (κ2) is 4.61. The summed E-state index contributed by atoms with van der Waals surface area (Å²) in [6, 6.07) is 3.00. The second-order valence-electron chi connectivity index (χ2n) is 4.55. The molecular formula is C13H12ClFO3. The summed E-state index contributed by atoms with van der Waals surface area (Å²) in [5, 5.41) is 9.49. The summed E-state index contributed by atoms with van der Waals surface area (Å²) in [4.78, 5) is 11.1. The number of aromatic carboxylic acids is 1. The quantitative estimate of drug-likeness (QED) is 0.913. The van der Waals surface area contributed by atoms with Crippen molar-refractivity contribution in [3.05, 3.63) is 34.3 Å². The molecule has 0 fully saturated rings. The van der Waals surface area contributed by atoms with Crippen molar-refractivity contribution >= 4 is 28.5 Å². The van der Waals surface area contributed by atoms with Gasteiger partial charge >= 0.3 is 5.97 Å². The maximum atomic E-state index is 13.8. The fourth-order valence-corrected chi connectivity index (χ4v) is 2.09. The molecule has 0 aliphatic rings. The van der Waals surface area contributed by atoms with E-state index in [4.69, 9.17) is 21.1 Å². The van der Waals surface area contributed by atoms with E-state index in [1.165, 1.54) is 6.07 Å². The zero-order valence-electron chi connectivity index (χ0n) is 9.96. The Labute approximate surface area is 108 Å². The molecule has 96 valence electrons. The van der Waals surface area contributed by atoms with Crippen molar-refractivity contribution in [2.75, 3.05) is 0 Å². The summed E-state index contributed by atoms with van der Waals surface area (Å²) in [5.41, 5.74) is 0.429. The number of halogens is 2. The van der Waals surface area contributed by atoms with Crippen LogP contribution in [0.2, 0.25) is 5.02 Å². The second-order valence-corrected chi connectivity index (χ2v) is 4.96. The molecule has 0 aliphatic carbocycles. The molecule has 0 saturated carbocycles. The van der Waals surface area contributed by atoms with Crippen LogP contribution in [0, 0.1) is 11.7 Å². The Balaban J connectivity index is 2.75. The monoisotopic (exact) mass is 270 g/mol. The first-order chi connectivity index (χ1) is 8.41. The summed E-state index contributed by atoms with van der Waals surface area (Å²) in [6.07, 6.45) is 0.510. The van der Waals surface area contributed by atoms with Crippen LogP contribution < -0.4 is 0 Å². The molecule has 0 spiro atoms. The average Bonchev–Trinajstić information content (AvgIpc) is 2.63. The number of benzene rings is 1. The van der Waals surface area contributed by atoms with Crippen molar-refractivity contribution < 1.29 is 18.7 Å². The van der Waals surface area contributed by atoms with Gasteiger partial charge in [-0.1, -0.05) is 25.4 Å². The summed E-state index contributed by atoms with van der Waals surface area (Å²) < 4.78 is 18.9. The third-order valence-electron chi connectivity index (χ3n) is 2.66. The standard InChI is InChI=1S/C13H12ClFO3/c1-6(2)5-8-7-3-4-9(14)10(15)11(7)18-12(8)13(16)17/h3-4,6H,5H2,1-2H3,(H,16,17). The SMILES string of the molecule is CC(C)Cc1c(C(=O)O)oc2c(F)c(Cl)ccc12. The minimum absolute atomic E-state index is 0.0794. The average molecular weight is 271 g/mol. The lowest BCUT2D eigenvalue weighted by Gasteiger charge is -2.03. The van der Waals surface area contributed by atoms with Gasteiger partial charge in [-0.25, -0.2) is 9.18 Å². The number of carboxylic acids is 1. The molecule has 0 bridgehead atoms. The minimum Gasteiger partial charge on any atom is -0.475 e. The van der Waals surface area contributed by atoms with Gasteiger partial charge in [0, 0.05) is 10.9 Å². The van der Waals surface area contributed by atoms with Crippen LogP contribution in [0.1, 0.15) is 30.0 Å². The maximum Gasteiger partial charge on any atom is 0.372 e. The van der Waals surface area contributed by atoms with Gasteiger partial charge in [-0.3, -0.25) is 0 Å². The largest absolute Gasteiger partial charge is 0.475 e. The third-order valence-corrected chi connectivity index (χ3v) is 2.95. The molecule has 2 aromatic rings. The Morgan fingerprint density at radius 3 is 2.72 bits per heavy atom. The highest BCUT2D eigenvalue weighted by Gasteiger charge is 2.23. The molecule has 1 aromatic heterocycles. The molecule has 0 radical (unpaired) electrons. The predicted molar refractivity (Wildman–Crippen MR) is 66.7 cm³/mol. The highest BCUT2D eigenvalue weighted by molar-refractivity contribution is 6.31. The Bertz CT molecular complexity index is 616. The fraction of sp³-hybridized carbons (Fsp3) is 0.308. The van der Waals surface area contributed by atoms with E-state index < -0.39 is 11.8 Å². The summed E-state index contributed by atoms with van der Waals surface area (Å²) in [6.45, 7) is 3.91. The number of furan rings is 1. The molecule has 0 saturated heterocycles. The van der Waals surface area contributed by atoms with Crippen molar-refractivity contribution in [2.45, 2.75) is 20.3 Å². The van der Waals surface area contributed by atoms with Gasteiger partial charge in [0.1, 0.15) is 0 Å². The predicted octanol–water partition coefficient (Wildman–Crippen LogP) is 4.12. The van der Waals surface area contributed by atoms with Gasteiger partial charge in [0.25, 0.3) is 0 Å². The van der Waals surface area contributed by atoms with Gasteiger partial charge in [-0.2, -0.15) is 0 Å². The van der Waals surface area contributed by atoms with Crippen LogP contribution in [0.5, 0.6) is 0 Å². The number of hydrogen-bond acceptors (Lipinski definition) is 2. The first-order valence-electron chi connectivity index (χ1n) is 5.54. The van der Waals surface area contributed by atoms with E-state index in [0.717, 1.165) is 0 Å². The number of rotatable bonds is 3. The molecule has 0 unspecified atom stereocenters. The zero-order valence-corrected chi connectivity index (χ0v) is 10.7. The molecule has 3 nitrogen and oxygen atoms in total. The lowest BCUT2D eigenvalue weighted by molar-refractivity contribution is 0.0663. The Hall–Kier alpha value is -1.55. The van der Waals surface area contributed by atoms with Gasteiger partial charge in [0.05, 0.1) is 5.02 Å². The molecule has 1 heterocycles. The Morgan fingerprint density at radius 2 is 2.17 bits per heavy atom. The molecule has 5 heteroatoms. The van der Waals surface area contributed by atoms with Crippen LogP contribution in [0.3, 0.4) is 0 Å². The molecule has 0 aliphatic heterocycles. The highest BCUT2D eigenvalue weighted by Crippen LogP contribution is 2.32. The minimum atomic E-state index is -1.20. The van der Waals surface area contributed by atoms with Crippen molar-refractivity contribution in [3.8, 4) is 0 Å². The third kappa shape index (κ3) is 2.08. The number of hydrogen-bond donors (Lipinski definition) is 1. The van der Waals surface area contributed by atoms with E-state index in [-0.39, 0.29) is 22.3 Å². The summed E-state index contributed by atoms with van der Waals surface area (Å²) in [5.74, 6) is -1.88. The van der Waals surface area contributed by atoms with Gasteiger partial charge in [-0.15, -0.1) is 0 Å². The van der Waals surface area contributed by atoms with Crippen molar-refractivity contribution in [1.29, 1.82) is 0 Å². The van der Waals surface area contributed by atoms with Crippen LogP contribution in [0.4, 0.5) is 4.39 Å². The lowest BCUT2D eigenvalue weighted by atomic mass is 10.00. The van der Waals surface area contributed by atoms with Crippen molar-refractivity contribution in [2.24, 2.45) is 5.92 Å². The van der Waals surface area contributed by atoms with E-state index in [1.807, 2.05) is 13.8 Å². The van der Waals surface area contributed by atoms with Crippen molar-refractivity contribution in [1.82, 2.24) is 0 Å². The van der Waals surface area contributed by atoms with Gasteiger partial charge in [-0.05, 0) is 24.5 Å². The Kier molecular flexibility index (Phi) is 3.30. The van der Waals surface area contributed by atoms with E-state index in [9.17, 15) is 9.18 Å². The molecule has 18 heavy (non-hydrogen) atoms. The van der Waals surface area contributed by atoms with Gasteiger partial charge < -0.3 is 9.52 Å². The first kappa shape index (κ1) is 12.9. The zero-order chi connectivity index (χ0) is 13.4. The molecule has 0 atom stereocenters. The summed E-state index contributed by atoms with van der Waals surface area (Å²) in [7, 11) is 0. The fourth-order valence-electron chi connectivity index (χ4n) is 1.94. The summed E-state index contributed by atoms with van der Waals surface area (Å²) >= 11 is 5.65. The lowest BCUT2D eigenvalue weighted by Crippen LogP contribution is -2.02. The first-order valence-corrected chi connectivity index (χ1v) is 5.92. The normalized spacial score (nSPS) is 11.4. The maximum absolute atomic E-state index is 13.8. The number of carboxylic acid groups (broad SMARTS) is 1. The van der Waals surface area contributed by atoms with Gasteiger partial charge in [0.2, 0.25) is 5.76 Å². The van der Waals surface area contributed by atoms with E-state index in [0.29, 0.717) is 17.4 Å².